The number of benzene rings is 2. The minimum absolute atomic E-state index is 0.167. The Kier molecular flexibility index (Phi) is 6.01. The molecular weight excluding hydrogens is 378 g/mol. The molecule has 0 fully saturated rings. The molecule has 0 spiro atoms. The summed E-state index contributed by atoms with van der Waals surface area (Å²) >= 11 is 0. The van der Waals surface area contributed by atoms with Gasteiger partial charge in [0.15, 0.2) is 0 Å². The summed E-state index contributed by atoms with van der Waals surface area (Å²) in [6, 6.07) is 10.4. The third kappa shape index (κ3) is 4.48. The van der Waals surface area contributed by atoms with Gasteiger partial charge < -0.3 is 10.6 Å². The predicted octanol–water partition coefficient (Wildman–Crippen LogP) is 2.93. The lowest BCUT2D eigenvalue weighted by atomic mass is 10.1. The fourth-order valence-electron chi connectivity index (χ4n) is 2.78. The number of para-hydroxylation sites is 1. The van der Waals surface area contributed by atoms with E-state index in [1.54, 1.807) is 32.0 Å². The summed E-state index contributed by atoms with van der Waals surface area (Å²) in [6.07, 6.45) is 1.37. The molecule has 2 N–H and O–H groups in total. The number of nitrogens with zero attached hydrogens (tertiary/aromatic N) is 2. The van der Waals surface area contributed by atoms with Crippen molar-refractivity contribution in [2.45, 2.75) is 13.8 Å². The molecule has 6 nitrogen and oxygen atoms in total. The van der Waals surface area contributed by atoms with Crippen molar-refractivity contribution in [2.75, 3.05) is 13.1 Å². The number of amides is 2. The number of aromatic nitrogens is 2. The van der Waals surface area contributed by atoms with E-state index in [-0.39, 0.29) is 30.2 Å². The van der Waals surface area contributed by atoms with Crippen molar-refractivity contribution in [1.82, 2.24) is 20.4 Å². The van der Waals surface area contributed by atoms with Crippen LogP contribution in [0.15, 0.2) is 48.7 Å². The van der Waals surface area contributed by atoms with Crippen molar-refractivity contribution >= 4 is 11.8 Å². The van der Waals surface area contributed by atoms with Gasteiger partial charge in [-0.3, -0.25) is 9.59 Å². The van der Waals surface area contributed by atoms with Crippen LogP contribution in [0.4, 0.5) is 8.78 Å². The average molecular weight is 398 g/mol. The van der Waals surface area contributed by atoms with E-state index >= 15 is 0 Å². The average Bonchev–Trinajstić information content (AvgIpc) is 3.08. The van der Waals surface area contributed by atoms with Crippen LogP contribution in [0, 0.1) is 25.5 Å². The zero-order valence-corrected chi connectivity index (χ0v) is 16.0. The van der Waals surface area contributed by atoms with E-state index < -0.39 is 17.5 Å². The largest absolute Gasteiger partial charge is 0.350 e. The molecular formula is C21H20F2N4O2. The first kappa shape index (κ1) is 20.2. The molecule has 0 aliphatic rings. The highest BCUT2D eigenvalue weighted by atomic mass is 19.1. The number of halogens is 2. The second-order valence-corrected chi connectivity index (χ2v) is 6.48. The van der Waals surface area contributed by atoms with E-state index in [1.807, 2.05) is 0 Å². The van der Waals surface area contributed by atoms with E-state index in [2.05, 4.69) is 15.7 Å². The number of rotatable bonds is 6. The highest BCUT2D eigenvalue weighted by Crippen LogP contribution is 2.17. The summed E-state index contributed by atoms with van der Waals surface area (Å²) in [6.45, 7) is 3.62. The van der Waals surface area contributed by atoms with Gasteiger partial charge in [0.2, 0.25) is 0 Å². The fraction of sp³-hybridized carbons (Fsp3) is 0.190. The van der Waals surface area contributed by atoms with Crippen molar-refractivity contribution in [3.8, 4) is 5.69 Å². The van der Waals surface area contributed by atoms with Gasteiger partial charge in [-0.2, -0.15) is 5.10 Å². The van der Waals surface area contributed by atoms with Gasteiger partial charge in [0, 0.05) is 18.7 Å². The summed E-state index contributed by atoms with van der Waals surface area (Å²) in [5.74, 6) is -1.71. The molecule has 0 atom stereocenters. The molecule has 0 unspecified atom stereocenters. The van der Waals surface area contributed by atoms with Crippen LogP contribution in [0.2, 0.25) is 0 Å². The number of hydrogen-bond acceptors (Lipinski definition) is 3. The molecule has 29 heavy (non-hydrogen) atoms. The standard InChI is InChI=1S/C21H20F2N4O2/c1-13-7-8-15(11-18(13)23)20(28)24-9-10-25-21(29)16-12-26-27(14(16)2)19-6-4-3-5-17(19)22/h3-8,11-12H,9-10H2,1-2H3,(H,24,28)(H,25,29). The van der Waals surface area contributed by atoms with Crippen LogP contribution < -0.4 is 10.6 Å². The monoisotopic (exact) mass is 398 g/mol. The van der Waals surface area contributed by atoms with Gasteiger partial charge in [-0.15, -0.1) is 0 Å². The fourth-order valence-corrected chi connectivity index (χ4v) is 2.78. The molecule has 3 rings (SSSR count). The van der Waals surface area contributed by atoms with Crippen LogP contribution in [-0.2, 0) is 0 Å². The Bertz CT molecular complexity index is 1060. The molecule has 0 saturated carbocycles. The first-order valence-electron chi connectivity index (χ1n) is 9.00. The van der Waals surface area contributed by atoms with Crippen LogP contribution >= 0.6 is 0 Å². The summed E-state index contributed by atoms with van der Waals surface area (Å²) in [5.41, 5.74) is 1.72. The van der Waals surface area contributed by atoms with Crippen LogP contribution in [0.3, 0.4) is 0 Å². The molecule has 8 heteroatoms. The Balaban J connectivity index is 1.56. The second-order valence-electron chi connectivity index (χ2n) is 6.48. The lowest BCUT2D eigenvalue weighted by molar-refractivity contribution is 0.0927. The number of carbonyl (C=O) groups is 2. The minimum atomic E-state index is -0.451. The van der Waals surface area contributed by atoms with E-state index in [9.17, 15) is 18.4 Å². The quantitative estimate of drug-likeness (QED) is 0.627. The molecule has 0 aliphatic heterocycles. The van der Waals surface area contributed by atoms with Crippen LogP contribution in [0.1, 0.15) is 32.0 Å². The maximum Gasteiger partial charge on any atom is 0.254 e. The first-order chi connectivity index (χ1) is 13.9. The molecule has 0 radical (unpaired) electrons. The number of hydrogen-bond donors (Lipinski definition) is 2. The molecule has 0 bridgehead atoms. The van der Waals surface area contributed by atoms with Gasteiger partial charge in [0.1, 0.15) is 17.3 Å². The SMILES string of the molecule is Cc1ccc(C(=O)NCCNC(=O)c2cnn(-c3ccccc3F)c2C)cc1F. The van der Waals surface area contributed by atoms with E-state index in [0.29, 0.717) is 16.8 Å². The highest BCUT2D eigenvalue weighted by Gasteiger charge is 2.16. The molecule has 2 amide bonds. The summed E-state index contributed by atoms with van der Waals surface area (Å²) in [4.78, 5) is 24.4. The number of carbonyl (C=O) groups excluding carboxylic acids is 2. The lowest BCUT2D eigenvalue weighted by Crippen LogP contribution is -2.34. The predicted molar refractivity (Wildman–Crippen MR) is 104 cm³/mol. The molecule has 0 saturated heterocycles. The van der Waals surface area contributed by atoms with Crippen molar-refractivity contribution < 1.29 is 18.4 Å². The van der Waals surface area contributed by atoms with Gasteiger partial charge in [0.05, 0.1) is 17.5 Å². The van der Waals surface area contributed by atoms with Crippen molar-refractivity contribution in [3.05, 3.63) is 82.7 Å². The van der Waals surface area contributed by atoms with E-state index in [4.69, 9.17) is 0 Å². The molecule has 150 valence electrons. The van der Waals surface area contributed by atoms with Crippen molar-refractivity contribution in [2.24, 2.45) is 0 Å². The Morgan fingerprint density at radius 3 is 2.34 bits per heavy atom. The minimum Gasteiger partial charge on any atom is -0.350 e. The van der Waals surface area contributed by atoms with Gasteiger partial charge in [-0.1, -0.05) is 18.2 Å². The van der Waals surface area contributed by atoms with Crippen molar-refractivity contribution in [3.63, 3.8) is 0 Å². The summed E-state index contributed by atoms with van der Waals surface area (Å²) in [5, 5.41) is 9.38. The Morgan fingerprint density at radius 1 is 0.966 bits per heavy atom. The Morgan fingerprint density at radius 2 is 1.66 bits per heavy atom. The third-order valence-corrected chi connectivity index (χ3v) is 4.47. The normalized spacial score (nSPS) is 10.6. The number of nitrogens with one attached hydrogen (secondary N) is 2. The summed E-state index contributed by atoms with van der Waals surface area (Å²) in [7, 11) is 0. The lowest BCUT2D eigenvalue weighted by Gasteiger charge is -2.08. The Hall–Kier alpha value is -3.55. The zero-order chi connectivity index (χ0) is 21.0. The van der Waals surface area contributed by atoms with Gasteiger partial charge in [-0.05, 0) is 43.7 Å². The van der Waals surface area contributed by atoms with E-state index in [1.165, 1.54) is 35.1 Å². The topological polar surface area (TPSA) is 76.0 Å². The Labute approximate surface area is 166 Å². The third-order valence-electron chi connectivity index (χ3n) is 4.47. The van der Waals surface area contributed by atoms with Gasteiger partial charge in [-0.25, -0.2) is 13.5 Å². The van der Waals surface area contributed by atoms with Crippen LogP contribution in [0.25, 0.3) is 5.69 Å². The highest BCUT2D eigenvalue weighted by molar-refractivity contribution is 5.95. The van der Waals surface area contributed by atoms with E-state index in [0.717, 1.165) is 0 Å². The van der Waals surface area contributed by atoms with Crippen LogP contribution in [-0.4, -0.2) is 34.7 Å². The zero-order valence-electron chi connectivity index (χ0n) is 16.0. The van der Waals surface area contributed by atoms with Gasteiger partial charge in [0.25, 0.3) is 11.8 Å². The molecule has 2 aromatic carbocycles. The van der Waals surface area contributed by atoms with Gasteiger partial charge >= 0.3 is 0 Å². The first-order valence-corrected chi connectivity index (χ1v) is 9.00. The molecule has 1 aromatic heterocycles. The smallest absolute Gasteiger partial charge is 0.254 e. The van der Waals surface area contributed by atoms with Crippen LogP contribution in [0.5, 0.6) is 0 Å². The summed E-state index contributed by atoms with van der Waals surface area (Å²) < 4.78 is 28.9. The number of aryl methyl sites for hydroxylation is 1. The molecule has 0 aliphatic carbocycles. The molecule has 3 aromatic rings. The maximum absolute atomic E-state index is 14.0. The second kappa shape index (κ2) is 8.64. The molecule has 1 heterocycles. The van der Waals surface area contributed by atoms with Crippen molar-refractivity contribution in [1.29, 1.82) is 0 Å². The maximum atomic E-state index is 14.0.